The topological polar surface area (TPSA) is 96.7 Å². The van der Waals surface area contributed by atoms with E-state index in [0.29, 0.717) is 36.3 Å². The Morgan fingerprint density at radius 2 is 1.87 bits per heavy atom. The second kappa shape index (κ2) is 9.43. The van der Waals surface area contributed by atoms with Crippen molar-refractivity contribution in [1.29, 1.82) is 5.26 Å². The smallest absolute Gasteiger partial charge is 0.339 e. The molecule has 2 aromatic carbocycles. The first-order chi connectivity index (χ1) is 14.3. The molecule has 0 aliphatic carbocycles. The number of rotatable bonds is 5. The summed E-state index contributed by atoms with van der Waals surface area (Å²) >= 11 is 3.33. The number of hydrogen-bond acceptors (Lipinski definition) is 6. The van der Waals surface area contributed by atoms with Gasteiger partial charge in [-0.15, -0.1) is 0 Å². The van der Waals surface area contributed by atoms with E-state index in [2.05, 4.69) is 15.9 Å². The lowest BCUT2D eigenvalue weighted by Crippen LogP contribution is -2.41. The van der Waals surface area contributed by atoms with Gasteiger partial charge in [-0.05, 0) is 43.3 Å². The molecule has 0 saturated carbocycles. The first kappa shape index (κ1) is 22.0. The van der Waals surface area contributed by atoms with Gasteiger partial charge in [0.05, 0.1) is 13.2 Å². The van der Waals surface area contributed by atoms with Gasteiger partial charge in [0.15, 0.2) is 0 Å². The van der Waals surface area contributed by atoms with Gasteiger partial charge in [-0.2, -0.15) is 13.7 Å². The molecule has 9 heteroatoms. The van der Waals surface area contributed by atoms with Crippen molar-refractivity contribution in [1.82, 2.24) is 4.90 Å². The van der Waals surface area contributed by atoms with E-state index in [1.165, 1.54) is 29.2 Å². The second-order valence-corrected chi connectivity index (χ2v) is 9.07. The molecule has 0 N–H and O–H groups in total. The molecule has 1 heterocycles. The highest BCUT2D eigenvalue weighted by atomic mass is 79.9. The maximum atomic E-state index is 12.7. The van der Waals surface area contributed by atoms with E-state index in [1.807, 2.05) is 13.0 Å². The Morgan fingerprint density at radius 3 is 2.50 bits per heavy atom. The summed E-state index contributed by atoms with van der Waals surface area (Å²) < 4.78 is 36.6. The van der Waals surface area contributed by atoms with E-state index in [1.54, 1.807) is 24.3 Å². The minimum atomic E-state index is -4.09. The first-order valence-corrected chi connectivity index (χ1v) is 11.3. The van der Waals surface area contributed by atoms with E-state index < -0.39 is 16.0 Å². The van der Waals surface area contributed by atoms with E-state index in [9.17, 15) is 18.5 Å². The molecule has 1 aliphatic rings. The summed E-state index contributed by atoms with van der Waals surface area (Å²) in [6, 6.07) is 12.8. The van der Waals surface area contributed by atoms with Crippen molar-refractivity contribution in [3.05, 3.63) is 63.6 Å². The van der Waals surface area contributed by atoms with Crippen LogP contribution >= 0.6 is 15.9 Å². The number of nitrogens with zero attached hydrogens (tertiary/aromatic N) is 2. The van der Waals surface area contributed by atoms with Gasteiger partial charge in [-0.25, -0.2) is 0 Å². The monoisotopic (exact) mass is 490 g/mol. The van der Waals surface area contributed by atoms with Gasteiger partial charge in [0.25, 0.3) is 5.91 Å². The third-order valence-corrected chi connectivity index (χ3v) is 6.17. The molecular formula is C21H19BrN2O5S. The zero-order valence-electron chi connectivity index (χ0n) is 16.2. The summed E-state index contributed by atoms with van der Waals surface area (Å²) in [5.74, 6) is -0.422. The average molecular weight is 491 g/mol. The molecule has 0 bridgehead atoms. The van der Waals surface area contributed by atoms with Crippen LogP contribution in [0.3, 0.4) is 0 Å². The molecule has 7 nitrogen and oxygen atoms in total. The van der Waals surface area contributed by atoms with Crippen LogP contribution in [0.15, 0.2) is 57.4 Å². The molecule has 156 valence electrons. The standard InChI is InChI=1S/C21H19BrN2O5S/c1-15-2-5-19(6-3-15)30(26,27)29-20-7-4-18(22)13-16(20)12-17(14-23)21(25)24-8-10-28-11-9-24/h2-7,12-13H,8-11H2,1H3/b17-12+. The second-order valence-electron chi connectivity index (χ2n) is 6.61. The number of halogens is 1. The molecule has 3 rings (SSSR count). The molecular weight excluding hydrogens is 472 g/mol. The highest BCUT2D eigenvalue weighted by Crippen LogP contribution is 2.29. The van der Waals surface area contributed by atoms with Crippen LogP contribution in [0.25, 0.3) is 6.08 Å². The zero-order chi connectivity index (χ0) is 21.7. The lowest BCUT2D eigenvalue weighted by atomic mass is 10.1. The summed E-state index contributed by atoms with van der Waals surface area (Å²) in [5, 5.41) is 9.52. The van der Waals surface area contributed by atoms with Crippen molar-refractivity contribution in [3.63, 3.8) is 0 Å². The van der Waals surface area contributed by atoms with Gasteiger partial charge in [0.1, 0.15) is 22.3 Å². The molecule has 0 unspecified atom stereocenters. The van der Waals surface area contributed by atoms with Crippen molar-refractivity contribution >= 4 is 38.0 Å². The normalized spacial score (nSPS) is 14.8. The quantitative estimate of drug-likeness (QED) is 0.362. The van der Waals surface area contributed by atoms with Crippen LogP contribution in [0, 0.1) is 18.3 Å². The molecule has 1 amide bonds. The van der Waals surface area contributed by atoms with Gasteiger partial charge in [-0.3, -0.25) is 4.79 Å². The number of nitriles is 1. The zero-order valence-corrected chi connectivity index (χ0v) is 18.6. The maximum Gasteiger partial charge on any atom is 0.339 e. The van der Waals surface area contributed by atoms with Gasteiger partial charge in [0.2, 0.25) is 0 Å². The molecule has 0 radical (unpaired) electrons. The van der Waals surface area contributed by atoms with E-state index >= 15 is 0 Å². The first-order valence-electron chi connectivity index (χ1n) is 9.10. The van der Waals surface area contributed by atoms with Crippen LogP contribution < -0.4 is 4.18 Å². The minimum Gasteiger partial charge on any atom is -0.378 e. The van der Waals surface area contributed by atoms with Crippen molar-refractivity contribution in [2.45, 2.75) is 11.8 Å². The average Bonchev–Trinajstić information content (AvgIpc) is 2.74. The molecule has 2 aromatic rings. The summed E-state index contributed by atoms with van der Waals surface area (Å²) in [6.07, 6.45) is 1.34. The summed E-state index contributed by atoms with van der Waals surface area (Å²) in [5.41, 5.74) is 1.09. The lowest BCUT2D eigenvalue weighted by Gasteiger charge is -2.26. The fraction of sp³-hybridized carbons (Fsp3) is 0.238. The number of amides is 1. The predicted octanol–water partition coefficient (Wildman–Crippen LogP) is 3.29. The Balaban J connectivity index is 1.94. The van der Waals surface area contributed by atoms with Crippen molar-refractivity contribution in [2.75, 3.05) is 26.3 Å². The number of hydrogen-bond donors (Lipinski definition) is 0. The van der Waals surface area contributed by atoms with Crippen LogP contribution in [0.2, 0.25) is 0 Å². The van der Waals surface area contributed by atoms with Crippen LogP contribution in [0.5, 0.6) is 5.75 Å². The molecule has 30 heavy (non-hydrogen) atoms. The fourth-order valence-corrected chi connectivity index (χ4v) is 4.15. The third-order valence-electron chi connectivity index (χ3n) is 4.43. The Morgan fingerprint density at radius 1 is 1.20 bits per heavy atom. The minimum absolute atomic E-state index is 0.0100. The van der Waals surface area contributed by atoms with Crippen LogP contribution in [0.4, 0.5) is 0 Å². The van der Waals surface area contributed by atoms with Gasteiger partial charge in [-0.1, -0.05) is 33.6 Å². The Kier molecular flexibility index (Phi) is 6.92. The summed E-state index contributed by atoms with van der Waals surface area (Å²) in [6.45, 7) is 3.45. The third kappa shape index (κ3) is 5.27. The van der Waals surface area contributed by atoms with E-state index in [0.717, 1.165) is 5.56 Å². The van der Waals surface area contributed by atoms with Crippen LogP contribution in [-0.4, -0.2) is 45.5 Å². The maximum absolute atomic E-state index is 12.7. The van der Waals surface area contributed by atoms with Crippen LogP contribution in [-0.2, 0) is 19.6 Å². The molecule has 0 atom stereocenters. The summed E-state index contributed by atoms with van der Waals surface area (Å²) in [4.78, 5) is 14.2. The largest absolute Gasteiger partial charge is 0.378 e. The molecule has 1 fully saturated rings. The number of morpholine rings is 1. The van der Waals surface area contributed by atoms with Gasteiger partial charge < -0.3 is 13.8 Å². The molecule has 1 aliphatic heterocycles. The Hall–Kier alpha value is -2.67. The molecule has 0 aromatic heterocycles. The van der Waals surface area contributed by atoms with Gasteiger partial charge in [0, 0.05) is 23.1 Å². The highest BCUT2D eigenvalue weighted by molar-refractivity contribution is 9.10. The lowest BCUT2D eigenvalue weighted by molar-refractivity contribution is -0.130. The van der Waals surface area contributed by atoms with Crippen molar-refractivity contribution in [2.24, 2.45) is 0 Å². The Labute approximate surface area is 183 Å². The molecule has 0 spiro atoms. The number of ether oxygens (including phenoxy) is 1. The van der Waals surface area contributed by atoms with Crippen molar-refractivity contribution in [3.8, 4) is 11.8 Å². The number of benzene rings is 2. The predicted molar refractivity (Wildman–Crippen MR) is 114 cm³/mol. The Bertz CT molecular complexity index is 1120. The highest BCUT2D eigenvalue weighted by Gasteiger charge is 2.22. The SMILES string of the molecule is Cc1ccc(S(=O)(=O)Oc2ccc(Br)cc2/C=C(\C#N)C(=O)N2CCOCC2)cc1. The number of aryl methyl sites for hydroxylation is 1. The van der Waals surface area contributed by atoms with Crippen LogP contribution in [0.1, 0.15) is 11.1 Å². The molecule has 1 saturated heterocycles. The number of carbonyl (C=O) groups is 1. The van der Waals surface area contributed by atoms with E-state index in [4.69, 9.17) is 8.92 Å². The van der Waals surface area contributed by atoms with E-state index in [-0.39, 0.29) is 16.2 Å². The summed E-state index contributed by atoms with van der Waals surface area (Å²) in [7, 11) is -4.09. The van der Waals surface area contributed by atoms with Gasteiger partial charge >= 0.3 is 10.1 Å². The number of carbonyl (C=O) groups excluding carboxylic acids is 1. The fourth-order valence-electron chi connectivity index (χ4n) is 2.81. The van der Waals surface area contributed by atoms with Crippen molar-refractivity contribution < 1.29 is 22.1 Å².